The molecule has 0 saturated carbocycles. The maximum absolute atomic E-state index is 13.2. The molecule has 0 bridgehead atoms. The molecule has 182 valence electrons. The number of fused-ring (bicyclic) bond motifs is 2. The number of alkyl halides is 3. The lowest BCUT2D eigenvalue weighted by Gasteiger charge is -2.29. The Morgan fingerprint density at radius 1 is 1.20 bits per heavy atom. The summed E-state index contributed by atoms with van der Waals surface area (Å²) in [4.78, 5) is 24.0. The number of aromatic carboxylic acids is 1. The fourth-order valence-corrected chi connectivity index (χ4v) is 5.06. The summed E-state index contributed by atoms with van der Waals surface area (Å²) < 4.78 is 46.6. The number of ether oxygens (including phenoxy) is 1. The van der Waals surface area contributed by atoms with Crippen LogP contribution in [-0.2, 0) is 25.7 Å². The number of carbonyl (C=O) groups is 1. The zero-order valence-corrected chi connectivity index (χ0v) is 19.2. The minimum Gasteiger partial charge on any atom is -0.478 e. The highest BCUT2D eigenvalue weighted by Gasteiger charge is 2.39. The van der Waals surface area contributed by atoms with Gasteiger partial charge >= 0.3 is 18.2 Å². The number of carboxylic acids is 1. The Morgan fingerprint density at radius 2 is 2.03 bits per heavy atom. The third kappa shape index (κ3) is 4.50. The number of benzene rings is 1. The molecule has 3 aromatic heterocycles. The van der Waals surface area contributed by atoms with Crippen molar-refractivity contribution in [3.05, 3.63) is 52.4 Å². The van der Waals surface area contributed by atoms with Crippen LogP contribution >= 0.6 is 11.3 Å². The van der Waals surface area contributed by atoms with E-state index in [-0.39, 0.29) is 42.8 Å². The summed E-state index contributed by atoms with van der Waals surface area (Å²) in [6, 6.07) is 7.97. The monoisotopic (exact) mass is 504 g/mol. The molecule has 35 heavy (non-hydrogen) atoms. The smallest absolute Gasteiger partial charge is 0.451 e. The first kappa shape index (κ1) is 23.0. The van der Waals surface area contributed by atoms with Crippen LogP contribution in [-0.4, -0.2) is 42.4 Å². The minimum absolute atomic E-state index is 0.0166. The number of thiophene rings is 1. The van der Waals surface area contributed by atoms with Crippen molar-refractivity contribution < 1.29 is 27.8 Å². The van der Waals surface area contributed by atoms with E-state index in [1.807, 2.05) is 11.0 Å². The Kier molecular flexibility index (Phi) is 5.79. The Labute approximate surface area is 200 Å². The van der Waals surface area contributed by atoms with E-state index in [1.54, 1.807) is 12.1 Å². The predicted molar refractivity (Wildman–Crippen MR) is 121 cm³/mol. The van der Waals surface area contributed by atoms with E-state index in [2.05, 4.69) is 27.1 Å². The van der Waals surface area contributed by atoms with Gasteiger partial charge in [-0.3, -0.25) is 0 Å². The van der Waals surface area contributed by atoms with Gasteiger partial charge in [-0.2, -0.15) is 23.1 Å². The molecule has 1 N–H and O–H groups in total. The molecule has 0 atom stereocenters. The average Bonchev–Trinajstić information content (AvgIpc) is 3.42. The Morgan fingerprint density at radius 3 is 2.77 bits per heavy atom. The first-order valence-corrected chi connectivity index (χ1v) is 11.6. The number of hydrogen-bond donors (Lipinski definition) is 1. The van der Waals surface area contributed by atoms with E-state index in [0.29, 0.717) is 10.6 Å². The van der Waals surface area contributed by atoms with Gasteiger partial charge in [0.1, 0.15) is 16.4 Å². The van der Waals surface area contributed by atoms with Crippen molar-refractivity contribution in [1.29, 1.82) is 0 Å². The summed E-state index contributed by atoms with van der Waals surface area (Å²) in [7, 11) is 0. The highest BCUT2D eigenvalue weighted by molar-refractivity contribution is 7.18. The second-order valence-corrected chi connectivity index (χ2v) is 9.07. The van der Waals surface area contributed by atoms with Crippen molar-refractivity contribution in [1.82, 2.24) is 24.7 Å². The molecule has 0 unspecified atom stereocenters. The van der Waals surface area contributed by atoms with Gasteiger partial charge in [0.05, 0.1) is 17.5 Å². The fraction of sp³-hybridized carbons (Fsp3) is 0.318. The van der Waals surface area contributed by atoms with Crippen LogP contribution in [0.1, 0.15) is 40.2 Å². The van der Waals surface area contributed by atoms with Crippen molar-refractivity contribution in [3.63, 3.8) is 0 Å². The fourth-order valence-electron chi connectivity index (χ4n) is 3.94. The van der Waals surface area contributed by atoms with Crippen molar-refractivity contribution in [2.75, 3.05) is 11.4 Å². The maximum Gasteiger partial charge on any atom is 0.451 e. The van der Waals surface area contributed by atoms with Gasteiger partial charge in [-0.15, -0.1) is 21.5 Å². The lowest BCUT2D eigenvalue weighted by atomic mass is 10.2. The number of anilines is 1. The molecule has 1 aliphatic heterocycles. The highest BCUT2D eigenvalue weighted by Crippen LogP contribution is 2.36. The van der Waals surface area contributed by atoms with Crippen LogP contribution in [0.4, 0.5) is 19.0 Å². The second-order valence-electron chi connectivity index (χ2n) is 7.96. The summed E-state index contributed by atoms with van der Waals surface area (Å²) in [5.74, 6) is -1.14. The van der Waals surface area contributed by atoms with Gasteiger partial charge in [-0.25, -0.2) is 4.79 Å². The van der Waals surface area contributed by atoms with Crippen LogP contribution in [0.25, 0.3) is 10.2 Å². The van der Waals surface area contributed by atoms with Gasteiger partial charge in [0.2, 0.25) is 5.82 Å². The Hall–Kier alpha value is -3.74. The summed E-state index contributed by atoms with van der Waals surface area (Å²) in [6.07, 6.45) is -2.79. The number of aryl methyl sites for hydroxylation is 1. The summed E-state index contributed by atoms with van der Waals surface area (Å²) in [5, 5.41) is 17.1. The quantitative estimate of drug-likeness (QED) is 0.401. The molecule has 1 aromatic carbocycles. The Bertz CT molecular complexity index is 1420. The molecule has 0 amide bonds. The van der Waals surface area contributed by atoms with Crippen molar-refractivity contribution in [2.45, 2.75) is 39.0 Å². The van der Waals surface area contributed by atoms with E-state index in [9.17, 15) is 23.1 Å². The Balaban J connectivity index is 1.53. The predicted octanol–water partition coefficient (Wildman–Crippen LogP) is 4.76. The molecule has 4 heterocycles. The van der Waals surface area contributed by atoms with Gasteiger partial charge in [-0.05, 0) is 30.7 Å². The number of halogens is 3. The normalized spacial score (nSPS) is 13.8. The molecular weight excluding hydrogens is 485 g/mol. The standard InChI is InChI=1S/C22H19F3N6O3S/c1-2-4-14-10-15-17(30-7-8-31-16(11-30)28-29-20(31)22(23,24)25)26-21(27-18(15)35-14)34-13-6-3-5-12(9-13)19(32)33/h3,5-6,9-10H,2,4,7-8,11H2,1H3,(H,32,33). The lowest BCUT2D eigenvalue weighted by molar-refractivity contribution is -0.147. The number of hydrogen-bond acceptors (Lipinski definition) is 8. The van der Waals surface area contributed by atoms with Crippen LogP contribution in [0.3, 0.4) is 0 Å². The molecule has 1 aliphatic rings. The number of nitrogens with zero attached hydrogens (tertiary/aromatic N) is 6. The summed E-state index contributed by atoms with van der Waals surface area (Å²) in [6.45, 7) is 2.46. The van der Waals surface area contributed by atoms with E-state index >= 15 is 0 Å². The van der Waals surface area contributed by atoms with E-state index < -0.39 is 18.0 Å². The zero-order valence-electron chi connectivity index (χ0n) is 18.4. The van der Waals surface area contributed by atoms with Crippen LogP contribution in [0.15, 0.2) is 30.3 Å². The largest absolute Gasteiger partial charge is 0.478 e. The van der Waals surface area contributed by atoms with E-state index in [0.717, 1.165) is 27.7 Å². The molecule has 0 aliphatic carbocycles. The highest BCUT2D eigenvalue weighted by atomic mass is 32.1. The summed E-state index contributed by atoms with van der Waals surface area (Å²) >= 11 is 1.49. The molecule has 13 heteroatoms. The molecule has 9 nitrogen and oxygen atoms in total. The molecular formula is C22H19F3N6O3S. The van der Waals surface area contributed by atoms with Crippen LogP contribution in [0.5, 0.6) is 11.8 Å². The SMILES string of the molecule is CCCc1cc2c(N3CCn4c(nnc4C(F)(F)F)C3)nc(Oc3cccc(C(=O)O)c3)nc2s1. The molecule has 0 saturated heterocycles. The lowest BCUT2D eigenvalue weighted by Crippen LogP contribution is -2.36. The van der Waals surface area contributed by atoms with Gasteiger partial charge in [0.15, 0.2) is 5.82 Å². The number of rotatable bonds is 6. The summed E-state index contributed by atoms with van der Waals surface area (Å²) in [5.41, 5.74) is 0.0565. The van der Waals surface area contributed by atoms with Crippen molar-refractivity contribution in [3.8, 4) is 11.8 Å². The number of aromatic nitrogens is 5. The molecule has 5 rings (SSSR count). The third-order valence-electron chi connectivity index (χ3n) is 5.50. The first-order valence-electron chi connectivity index (χ1n) is 10.8. The zero-order chi connectivity index (χ0) is 24.7. The van der Waals surface area contributed by atoms with Crippen LogP contribution in [0, 0.1) is 0 Å². The molecule has 0 fully saturated rings. The van der Waals surface area contributed by atoms with Crippen molar-refractivity contribution in [2.24, 2.45) is 0 Å². The van der Waals surface area contributed by atoms with Crippen molar-refractivity contribution >= 4 is 33.3 Å². The third-order valence-corrected chi connectivity index (χ3v) is 6.58. The molecule has 0 spiro atoms. The number of carboxylic acid groups (broad SMARTS) is 1. The minimum atomic E-state index is -4.58. The first-order chi connectivity index (χ1) is 16.7. The maximum atomic E-state index is 13.2. The topological polar surface area (TPSA) is 106 Å². The molecule has 4 aromatic rings. The average molecular weight is 504 g/mol. The van der Waals surface area contributed by atoms with Gasteiger partial charge in [0, 0.05) is 18.0 Å². The van der Waals surface area contributed by atoms with Gasteiger partial charge < -0.3 is 19.3 Å². The van der Waals surface area contributed by atoms with Gasteiger partial charge in [-0.1, -0.05) is 19.4 Å². The van der Waals surface area contributed by atoms with E-state index in [4.69, 9.17) is 4.74 Å². The van der Waals surface area contributed by atoms with Crippen LogP contribution < -0.4 is 9.64 Å². The molecule has 0 radical (unpaired) electrons. The second kappa shape index (κ2) is 8.80. The van der Waals surface area contributed by atoms with E-state index in [1.165, 1.54) is 23.5 Å². The van der Waals surface area contributed by atoms with Gasteiger partial charge in [0.25, 0.3) is 0 Å². The van der Waals surface area contributed by atoms with Crippen LogP contribution in [0.2, 0.25) is 0 Å².